The Kier molecular flexibility index (Phi) is 1.21. The molecule has 9 heavy (non-hydrogen) atoms. The van der Waals surface area contributed by atoms with Gasteiger partial charge >= 0.3 is 0 Å². The van der Waals surface area contributed by atoms with Crippen molar-refractivity contribution in [3.63, 3.8) is 0 Å². The van der Waals surface area contributed by atoms with E-state index in [4.69, 9.17) is 0 Å². The summed E-state index contributed by atoms with van der Waals surface area (Å²) in [5.74, 6) is 1.39. The van der Waals surface area contributed by atoms with Gasteiger partial charge in [0.1, 0.15) is 0 Å². The molecule has 3 aliphatic heterocycles. The first-order valence-electron chi connectivity index (χ1n) is 3.26. The van der Waals surface area contributed by atoms with Gasteiger partial charge in [-0.3, -0.25) is 4.21 Å². The van der Waals surface area contributed by atoms with Crippen molar-refractivity contribution in [1.82, 2.24) is 0 Å². The zero-order chi connectivity index (χ0) is 6.59. The molecule has 0 aromatic rings. The van der Waals surface area contributed by atoms with Gasteiger partial charge < -0.3 is 0 Å². The molecule has 3 heteroatoms. The minimum absolute atomic E-state index is 0.468. The van der Waals surface area contributed by atoms with Crippen molar-refractivity contribution in [1.29, 1.82) is 0 Å². The zero-order valence-electron chi connectivity index (χ0n) is 5.53. The average molecular weight is 162 g/mol. The second-order valence-corrected chi connectivity index (χ2v) is 6.48. The summed E-state index contributed by atoms with van der Waals surface area (Å²) < 4.78 is 12.1. The fraction of sp³-hybridized carbons (Fsp3) is 1.00. The van der Waals surface area contributed by atoms with Crippen molar-refractivity contribution in [3.8, 4) is 0 Å². The number of rotatable bonds is 0. The maximum atomic E-state index is 11.1. The smallest absolute Gasteiger partial charge is 0.0853 e. The van der Waals surface area contributed by atoms with Gasteiger partial charge in [0.2, 0.25) is 0 Å². The highest BCUT2D eigenvalue weighted by Crippen LogP contribution is 2.56. The van der Waals surface area contributed by atoms with Crippen LogP contribution in [0.2, 0.25) is 0 Å². The van der Waals surface area contributed by atoms with E-state index in [1.165, 1.54) is 0 Å². The SMILES string of the molecule is C[C@H]1C2SC([C@@H]1C)S2=O. The molecular weight excluding hydrogens is 152 g/mol. The van der Waals surface area contributed by atoms with Crippen molar-refractivity contribution < 1.29 is 4.21 Å². The van der Waals surface area contributed by atoms with Gasteiger partial charge in [-0.15, -0.1) is 11.8 Å². The summed E-state index contributed by atoms with van der Waals surface area (Å²) in [4.78, 5) is 0. The maximum absolute atomic E-state index is 11.1. The van der Waals surface area contributed by atoms with E-state index in [2.05, 4.69) is 13.8 Å². The first-order chi connectivity index (χ1) is 4.22. The summed E-state index contributed by atoms with van der Waals surface area (Å²) in [7, 11) is -0.468. The molecule has 0 aromatic carbocycles. The Balaban J connectivity index is 2.27. The molecule has 4 atom stereocenters. The molecule has 0 N–H and O–H groups in total. The van der Waals surface area contributed by atoms with E-state index in [9.17, 15) is 4.21 Å². The van der Waals surface area contributed by atoms with Gasteiger partial charge in [-0.2, -0.15) is 0 Å². The maximum Gasteiger partial charge on any atom is 0.0853 e. The van der Waals surface area contributed by atoms with Crippen LogP contribution < -0.4 is 0 Å². The number of hydrogen-bond donors (Lipinski definition) is 0. The van der Waals surface area contributed by atoms with Crippen molar-refractivity contribution >= 4 is 22.6 Å². The van der Waals surface area contributed by atoms with E-state index in [0.717, 1.165) is 0 Å². The van der Waals surface area contributed by atoms with Gasteiger partial charge in [0, 0.05) is 10.8 Å². The van der Waals surface area contributed by atoms with Crippen LogP contribution in [0.5, 0.6) is 0 Å². The Labute approximate surface area is 62.0 Å². The minimum Gasteiger partial charge on any atom is -0.257 e. The molecule has 3 heterocycles. The first kappa shape index (κ1) is 6.23. The van der Waals surface area contributed by atoms with Crippen molar-refractivity contribution in [2.24, 2.45) is 11.8 Å². The Morgan fingerprint density at radius 3 is 1.78 bits per heavy atom. The van der Waals surface area contributed by atoms with Crippen LogP contribution in [0.3, 0.4) is 0 Å². The molecule has 3 fully saturated rings. The normalized spacial score (nSPS) is 63.6. The monoisotopic (exact) mass is 162 g/mol. The van der Waals surface area contributed by atoms with E-state index in [1.807, 2.05) is 11.8 Å². The Hall–Kier alpha value is 0.500. The summed E-state index contributed by atoms with van der Waals surface area (Å²) >= 11 is 1.92. The standard InChI is InChI=1S/C6H10OS2/c1-3-4(2)6-8-5(3)9(6)7/h3-6H,1-2H3/t3-,4-,5?,6?,9?/m1/s1. The summed E-state index contributed by atoms with van der Waals surface area (Å²) in [6.07, 6.45) is 0. The molecule has 2 unspecified atom stereocenters. The average Bonchev–Trinajstić information content (AvgIpc) is 2.18. The number of fused-ring (bicyclic) bond motifs is 1. The summed E-state index contributed by atoms with van der Waals surface area (Å²) in [5, 5.41) is 0. The van der Waals surface area contributed by atoms with E-state index in [1.54, 1.807) is 0 Å². The first-order valence-corrected chi connectivity index (χ1v) is 5.48. The van der Waals surface area contributed by atoms with Gasteiger partial charge in [-0.1, -0.05) is 13.8 Å². The van der Waals surface area contributed by atoms with Crippen LogP contribution >= 0.6 is 11.8 Å². The van der Waals surface area contributed by atoms with Crippen LogP contribution in [0.1, 0.15) is 13.8 Å². The topological polar surface area (TPSA) is 17.1 Å². The Morgan fingerprint density at radius 1 is 1.22 bits per heavy atom. The molecule has 0 saturated carbocycles. The predicted molar refractivity (Wildman–Crippen MR) is 41.6 cm³/mol. The number of hydrogen-bond acceptors (Lipinski definition) is 2. The molecule has 3 rings (SSSR count). The lowest BCUT2D eigenvalue weighted by molar-refractivity contribution is 0.491. The Morgan fingerprint density at radius 2 is 1.67 bits per heavy atom. The van der Waals surface area contributed by atoms with Crippen LogP contribution in [-0.2, 0) is 10.8 Å². The van der Waals surface area contributed by atoms with Crippen molar-refractivity contribution in [3.05, 3.63) is 0 Å². The highest BCUT2D eigenvalue weighted by Gasteiger charge is 2.55. The molecule has 0 aromatic heterocycles. The third-order valence-electron chi connectivity index (χ3n) is 2.41. The lowest BCUT2D eigenvalue weighted by Crippen LogP contribution is -2.25. The van der Waals surface area contributed by atoms with E-state index in [0.29, 0.717) is 21.0 Å². The highest BCUT2D eigenvalue weighted by atomic mass is 32.3. The molecule has 0 amide bonds. The van der Waals surface area contributed by atoms with Gasteiger partial charge in [-0.25, -0.2) is 0 Å². The van der Waals surface area contributed by atoms with E-state index in [-0.39, 0.29) is 0 Å². The molecule has 52 valence electrons. The van der Waals surface area contributed by atoms with Crippen LogP contribution in [0.4, 0.5) is 0 Å². The largest absolute Gasteiger partial charge is 0.257 e. The van der Waals surface area contributed by atoms with Gasteiger partial charge in [-0.05, 0) is 11.8 Å². The second-order valence-electron chi connectivity index (χ2n) is 2.92. The predicted octanol–water partition coefficient (Wildman–Crippen LogP) is 1.42. The van der Waals surface area contributed by atoms with Gasteiger partial charge in [0.25, 0.3) is 0 Å². The fourth-order valence-corrected chi connectivity index (χ4v) is 5.84. The third kappa shape index (κ3) is 0.598. The van der Waals surface area contributed by atoms with Gasteiger partial charge in [0.15, 0.2) is 0 Å². The lowest BCUT2D eigenvalue weighted by atomic mass is 10.0. The van der Waals surface area contributed by atoms with Crippen molar-refractivity contribution in [2.75, 3.05) is 0 Å². The molecule has 3 aliphatic rings. The van der Waals surface area contributed by atoms with E-state index < -0.39 is 10.8 Å². The second kappa shape index (κ2) is 1.76. The van der Waals surface area contributed by atoms with Crippen molar-refractivity contribution in [2.45, 2.75) is 23.0 Å². The molecule has 0 aliphatic carbocycles. The summed E-state index contributed by atoms with van der Waals surface area (Å²) in [6, 6.07) is 0. The quantitative estimate of drug-likeness (QED) is 0.536. The molecule has 0 radical (unpaired) electrons. The van der Waals surface area contributed by atoms with E-state index >= 15 is 0 Å². The van der Waals surface area contributed by atoms with Gasteiger partial charge in [0.05, 0.1) is 9.16 Å². The molecule has 3 saturated heterocycles. The molecular formula is C6H10OS2. The highest BCUT2D eigenvalue weighted by molar-refractivity contribution is 8.27. The zero-order valence-corrected chi connectivity index (χ0v) is 7.17. The fourth-order valence-electron chi connectivity index (χ4n) is 1.49. The summed E-state index contributed by atoms with van der Waals surface area (Å²) in [6.45, 7) is 4.43. The minimum atomic E-state index is -0.468. The lowest BCUT2D eigenvalue weighted by Gasteiger charge is -2.22. The molecule has 2 bridgehead atoms. The van der Waals surface area contributed by atoms with Crippen LogP contribution in [0, 0.1) is 11.8 Å². The van der Waals surface area contributed by atoms with Crippen LogP contribution in [0.15, 0.2) is 0 Å². The third-order valence-corrected chi connectivity index (χ3v) is 7.39. The van der Waals surface area contributed by atoms with Crippen LogP contribution in [-0.4, -0.2) is 13.4 Å². The Bertz CT molecular complexity index is 152. The molecule has 0 spiro atoms. The number of thioether (sulfide) groups is 1. The van der Waals surface area contributed by atoms with Crippen LogP contribution in [0.25, 0.3) is 0 Å². The molecule has 1 nitrogen and oxygen atoms in total. The summed E-state index contributed by atoms with van der Waals surface area (Å²) in [5.41, 5.74) is 0.